The Morgan fingerprint density at radius 1 is 0.130 bits per heavy atom. The molecule has 0 saturated carbocycles. The molecule has 0 atom stereocenters. The average molecular weight is 1580 g/mol. The first-order valence-electron chi connectivity index (χ1n) is 40.9. The summed E-state index contributed by atoms with van der Waals surface area (Å²) >= 11 is 0. The fourth-order valence-electron chi connectivity index (χ4n) is 16.6. The maximum atomic E-state index is 6.23. The second-order valence-electron chi connectivity index (χ2n) is 30.2. The van der Waals surface area contributed by atoms with Gasteiger partial charge in [-0.2, -0.15) is 0 Å². The third-order valence-corrected chi connectivity index (χ3v) is 22.5. The van der Waals surface area contributed by atoms with Crippen LogP contribution < -0.4 is 0 Å². The van der Waals surface area contributed by atoms with E-state index in [1.54, 1.807) is 0 Å². The van der Waals surface area contributed by atoms with Gasteiger partial charge in [0.25, 0.3) is 0 Å². The molecule has 6 aromatic heterocycles. The normalized spacial score (nSPS) is 11.4. The lowest BCUT2D eigenvalue weighted by Crippen LogP contribution is -2.00. The standard InChI is InChI=1S/3C37H23N3O/c1-3-11-25(12-4-1)35-38-36(26-13-5-2-6-14-26)40-37(39-35)28-17-9-16-27(23-28)29-19-10-15-24-21-22-32-34(33(24)29)30-18-7-8-20-31(30)41-32;1-3-10-24(11-4-1)35-38-36(25-12-5-2-6-13-25)40-37(39-35)29-15-9-14-26(23-29)27-18-20-30-28(22-27)19-21-33-34(30)31-16-7-8-17-32(31)41-33;1-3-10-25(11-4-1)35-38-36(26-12-5-2-6-13-26)40-37(39-35)29-15-9-14-27(22-29)28-19-18-24-20-21-33-34(31(24)23-28)30-16-7-8-17-32(30)41-33/h3*1-23H. The number of furan rings is 3. The molecule has 0 amide bonds. The van der Waals surface area contributed by atoms with E-state index in [-0.39, 0.29) is 0 Å². The predicted molar refractivity (Wildman–Crippen MR) is 499 cm³/mol. The number of para-hydroxylation sites is 3. The van der Waals surface area contributed by atoms with Gasteiger partial charge >= 0.3 is 0 Å². The summed E-state index contributed by atoms with van der Waals surface area (Å²) in [5.74, 6) is 5.84. The largest absolute Gasteiger partial charge is 0.456 e. The fourth-order valence-corrected chi connectivity index (χ4v) is 16.6. The molecule has 0 unspecified atom stereocenters. The van der Waals surface area contributed by atoms with Gasteiger partial charge in [0.15, 0.2) is 52.4 Å². The SMILES string of the molecule is c1ccc(-c2nc(-c3ccccc3)nc(-c3cccc(-c4ccc5c(ccc6oc7ccccc7c65)c4)c3)n2)cc1.c1ccc(-c2nc(-c3ccccc3)nc(-c3cccc(-c4ccc5ccc6oc7ccccc7c6c5c4)c3)n2)cc1.c1ccc(-c2nc(-c3ccccc3)nc(-c3cccc(-c4cccc5ccc6oc7ccccc7c6c45)c3)n2)cc1. The zero-order chi connectivity index (χ0) is 81.5. The van der Waals surface area contributed by atoms with E-state index in [9.17, 15) is 0 Å². The third kappa shape index (κ3) is 14.2. The molecule has 24 rings (SSSR count). The highest BCUT2D eigenvalue weighted by Gasteiger charge is 2.21. The van der Waals surface area contributed by atoms with Gasteiger partial charge < -0.3 is 13.3 Å². The van der Waals surface area contributed by atoms with Crippen LogP contribution in [0, 0.1) is 0 Å². The summed E-state index contributed by atoms with van der Waals surface area (Å²) in [6, 6.07) is 143. The molecule has 12 heteroatoms. The molecule has 0 bridgehead atoms. The Bertz CT molecular complexity index is 7950. The summed E-state index contributed by atoms with van der Waals surface area (Å²) in [5.41, 5.74) is 20.6. The van der Waals surface area contributed by atoms with Crippen LogP contribution in [0.4, 0.5) is 0 Å². The number of rotatable bonds is 12. The number of fused-ring (bicyclic) bond motifs is 15. The molecule has 0 radical (unpaired) electrons. The lowest BCUT2D eigenvalue weighted by molar-refractivity contribution is 0.669. The fraction of sp³-hybridized carbons (Fsp3) is 0. The van der Waals surface area contributed by atoms with Gasteiger partial charge in [0.05, 0.1) is 0 Å². The van der Waals surface area contributed by atoms with Crippen LogP contribution in [0.1, 0.15) is 0 Å². The maximum absolute atomic E-state index is 6.23. The quantitative estimate of drug-likeness (QED) is 0.114. The van der Waals surface area contributed by atoms with E-state index in [4.69, 9.17) is 58.1 Å². The zero-order valence-corrected chi connectivity index (χ0v) is 66.1. The molecule has 123 heavy (non-hydrogen) atoms. The summed E-state index contributed by atoms with van der Waals surface area (Å²) in [5, 5.41) is 13.9. The first-order valence-corrected chi connectivity index (χ1v) is 40.9. The van der Waals surface area contributed by atoms with Crippen LogP contribution in [0.2, 0.25) is 0 Å². The number of benzene rings is 18. The van der Waals surface area contributed by atoms with Crippen LogP contribution in [0.25, 0.3) is 234 Å². The Labute approximate surface area is 706 Å². The summed E-state index contributed by atoms with van der Waals surface area (Å²) in [4.78, 5) is 44.0. The highest BCUT2D eigenvalue weighted by atomic mass is 16.3. The van der Waals surface area contributed by atoms with Crippen LogP contribution in [-0.2, 0) is 0 Å². The van der Waals surface area contributed by atoms with Crippen LogP contribution >= 0.6 is 0 Å². The second-order valence-corrected chi connectivity index (χ2v) is 30.2. The van der Waals surface area contributed by atoms with Crippen molar-refractivity contribution in [1.82, 2.24) is 44.9 Å². The third-order valence-electron chi connectivity index (χ3n) is 22.5. The summed E-state index contributed by atoms with van der Waals surface area (Å²) in [7, 11) is 0. The molecule has 6 heterocycles. The van der Waals surface area contributed by atoms with Crippen LogP contribution in [0.15, 0.2) is 432 Å². The molecule has 0 N–H and O–H groups in total. The lowest BCUT2D eigenvalue weighted by atomic mass is 9.93. The Balaban J connectivity index is 0.000000110. The summed E-state index contributed by atoms with van der Waals surface area (Å²) in [6.45, 7) is 0. The highest BCUT2D eigenvalue weighted by Crippen LogP contribution is 2.44. The minimum atomic E-state index is 0.638. The van der Waals surface area contributed by atoms with Crippen molar-refractivity contribution in [2.45, 2.75) is 0 Å². The minimum Gasteiger partial charge on any atom is -0.456 e. The van der Waals surface area contributed by atoms with Crippen molar-refractivity contribution in [1.29, 1.82) is 0 Å². The van der Waals surface area contributed by atoms with Gasteiger partial charge in [-0.05, 0) is 127 Å². The van der Waals surface area contributed by atoms with Crippen LogP contribution in [0.5, 0.6) is 0 Å². The molecule has 0 fully saturated rings. The van der Waals surface area contributed by atoms with Crippen molar-refractivity contribution in [3.63, 3.8) is 0 Å². The first kappa shape index (κ1) is 72.6. The average Bonchev–Trinajstić information content (AvgIpc) is 1.63. The van der Waals surface area contributed by atoms with Gasteiger partial charge in [-0.3, -0.25) is 0 Å². The molecule has 0 aliphatic heterocycles. The molecule has 18 aromatic carbocycles. The van der Waals surface area contributed by atoms with Gasteiger partial charge in [0.1, 0.15) is 33.5 Å². The second kappa shape index (κ2) is 31.6. The number of hydrogen-bond donors (Lipinski definition) is 0. The summed E-state index contributed by atoms with van der Waals surface area (Å²) in [6.07, 6.45) is 0. The monoisotopic (exact) mass is 1580 g/mol. The van der Waals surface area contributed by atoms with Crippen LogP contribution in [-0.4, -0.2) is 44.9 Å². The van der Waals surface area contributed by atoms with E-state index in [0.29, 0.717) is 52.4 Å². The molecule has 12 nitrogen and oxygen atoms in total. The van der Waals surface area contributed by atoms with E-state index in [1.165, 1.54) is 32.3 Å². The van der Waals surface area contributed by atoms with Crippen molar-refractivity contribution < 1.29 is 13.3 Å². The molecule has 0 saturated heterocycles. The Kier molecular flexibility index (Phi) is 18.6. The van der Waals surface area contributed by atoms with Gasteiger partial charge in [0.2, 0.25) is 0 Å². The number of hydrogen-bond acceptors (Lipinski definition) is 12. The van der Waals surface area contributed by atoms with Crippen LogP contribution in [0.3, 0.4) is 0 Å². The van der Waals surface area contributed by atoms with Gasteiger partial charge in [-0.1, -0.05) is 352 Å². The summed E-state index contributed by atoms with van der Waals surface area (Å²) < 4.78 is 18.5. The van der Waals surface area contributed by atoms with Crippen molar-refractivity contribution in [2.75, 3.05) is 0 Å². The molecular weight excluding hydrogens is 1510 g/mol. The van der Waals surface area contributed by atoms with E-state index < -0.39 is 0 Å². The molecule has 0 spiro atoms. The van der Waals surface area contributed by atoms with Crippen molar-refractivity contribution in [3.05, 3.63) is 419 Å². The predicted octanol–water partition coefficient (Wildman–Crippen LogP) is 28.8. The molecular formula is C111H69N9O3. The molecule has 0 aliphatic rings. The van der Waals surface area contributed by atoms with Gasteiger partial charge in [-0.15, -0.1) is 0 Å². The molecule has 0 aliphatic carbocycles. The zero-order valence-electron chi connectivity index (χ0n) is 66.1. The smallest absolute Gasteiger partial charge is 0.164 e. The molecule has 576 valence electrons. The topological polar surface area (TPSA) is 155 Å². The minimum absolute atomic E-state index is 0.638. The Morgan fingerprint density at radius 3 is 0.821 bits per heavy atom. The van der Waals surface area contributed by atoms with Gasteiger partial charge in [-0.25, -0.2) is 44.9 Å². The van der Waals surface area contributed by atoms with E-state index in [2.05, 4.69) is 200 Å². The lowest BCUT2D eigenvalue weighted by Gasteiger charge is -2.11. The Hall–Kier alpha value is -16.8. The number of nitrogens with zero attached hydrogens (tertiary/aromatic N) is 9. The first-order chi connectivity index (χ1) is 60.9. The number of aromatic nitrogens is 9. The Morgan fingerprint density at radius 2 is 0.407 bits per heavy atom. The van der Waals surface area contributed by atoms with E-state index >= 15 is 0 Å². The highest BCUT2D eigenvalue weighted by molar-refractivity contribution is 6.24. The van der Waals surface area contributed by atoms with Gasteiger partial charge in [0, 0.05) is 87.8 Å². The van der Waals surface area contributed by atoms with Crippen molar-refractivity contribution in [3.8, 4) is 136 Å². The van der Waals surface area contributed by atoms with E-state index in [0.717, 1.165) is 149 Å². The maximum Gasteiger partial charge on any atom is 0.164 e. The van der Waals surface area contributed by atoms with Crippen molar-refractivity contribution in [2.24, 2.45) is 0 Å². The molecule has 24 aromatic rings. The van der Waals surface area contributed by atoms with Crippen molar-refractivity contribution >= 4 is 98.1 Å². The van der Waals surface area contributed by atoms with E-state index in [1.807, 2.05) is 218 Å².